The summed E-state index contributed by atoms with van der Waals surface area (Å²) >= 11 is 1.70. The minimum Gasteiger partial charge on any atom is -0.481 e. The number of hydrogen-bond donors (Lipinski definition) is 1. The van der Waals surface area contributed by atoms with Gasteiger partial charge in [-0.25, -0.2) is 0 Å². The number of likely N-dealkylation sites (tertiary alicyclic amines) is 1. The van der Waals surface area contributed by atoms with Crippen LogP contribution in [0.25, 0.3) is 5.57 Å². The SMILES string of the molecule is CC(C(=O)O)c1cc2c(s1)CCc1ccccc1C2=C1CCN(C)CC1. The third kappa shape index (κ3) is 3.12. The zero-order valence-corrected chi connectivity index (χ0v) is 16.2. The summed E-state index contributed by atoms with van der Waals surface area (Å²) in [7, 11) is 2.19. The maximum atomic E-state index is 11.5. The van der Waals surface area contributed by atoms with Crippen molar-refractivity contribution in [3.8, 4) is 0 Å². The topological polar surface area (TPSA) is 40.5 Å². The molecular formula is C22H25NO2S. The van der Waals surface area contributed by atoms with E-state index in [9.17, 15) is 9.90 Å². The highest BCUT2D eigenvalue weighted by atomic mass is 32.1. The van der Waals surface area contributed by atoms with Crippen molar-refractivity contribution < 1.29 is 9.90 Å². The molecule has 1 aliphatic heterocycles. The van der Waals surface area contributed by atoms with Crippen molar-refractivity contribution in [2.45, 2.75) is 38.5 Å². The first kappa shape index (κ1) is 17.5. The van der Waals surface area contributed by atoms with Crippen LogP contribution in [0, 0.1) is 0 Å². The molecule has 4 rings (SSSR count). The number of fused-ring (bicyclic) bond motifs is 2. The van der Waals surface area contributed by atoms with Crippen LogP contribution in [0.2, 0.25) is 0 Å². The largest absolute Gasteiger partial charge is 0.481 e. The lowest BCUT2D eigenvalue weighted by Crippen LogP contribution is -2.27. The normalized spacial score (nSPS) is 18.8. The van der Waals surface area contributed by atoms with Crippen LogP contribution in [0.1, 0.15) is 52.1 Å². The Kier molecular flexibility index (Phi) is 4.72. The van der Waals surface area contributed by atoms with Crippen LogP contribution in [-0.4, -0.2) is 36.1 Å². The molecule has 2 aliphatic rings. The molecule has 0 spiro atoms. The van der Waals surface area contributed by atoms with Crippen molar-refractivity contribution in [3.63, 3.8) is 0 Å². The van der Waals surface area contributed by atoms with E-state index in [2.05, 4.69) is 42.3 Å². The Hall–Kier alpha value is -1.91. The average Bonchev–Trinajstić information content (AvgIpc) is 2.99. The van der Waals surface area contributed by atoms with Gasteiger partial charge in [0.1, 0.15) is 0 Å². The van der Waals surface area contributed by atoms with Crippen LogP contribution in [0.3, 0.4) is 0 Å². The fraction of sp³-hybridized carbons (Fsp3) is 0.409. The predicted octanol–water partition coefficient (Wildman–Crippen LogP) is 4.56. The van der Waals surface area contributed by atoms with Crippen molar-refractivity contribution in [1.82, 2.24) is 4.90 Å². The van der Waals surface area contributed by atoms with Gasteiger partial charge in [-0.2, -0.15) is 0 Å². The zero-order chi connectivity index (χ0) is 18.3. The van der Waals surface area contributed by atoms with Gasteiger partial charge in [0, 0.05) is 22.8 Å². The van der Waals surface area contributed by atoms with E-state index >= 15 is 0 Å². The zero-order valence-electron chi connectivity index (χ0n) is 15.4. The number of carbonyl (C=O) groups is 1. The second-order valence-corrected chi connectivity index (χ2v) is 8.65. The molecule has 1 aromatic carbocycles. The van der Waals surface area contributed by atoms with Gasteiger partial charge in [0.25, 0.3) is 0 Å². The minimum atomic E-state index is -0.740. The van der Waals surface area contributed by atoms with Gasteiger partial charge in [0.2, 0.25) is 0 Å². The molecule has 1 aromatic heterocycles. The van der Waals surface area contributed by atoms with Crippen LogP contribution >= 0.6 is 11.3 Å². The highest BCUT2D eigenvalue weighted by Crippen LogP contribution is 2.43. The Balaban J connectivity index is 1.88. The van der Waals surface area contributed by atoms with Gasteiger partial charge < -0.3 is 10.0 Å². The summed E-state index contributed by atoms with van der Waals surface area (Å²) in [5.74, 6) is -1.18. The number of benzene rings is 1. The van der Waals surface area contributed by atoms with Gasteiger partial charge in [-0.15, -0.1) is 11.3 Å². The fourth-order valence-corrected chi connectivity index (χ4v) is 5.29. The van der Waals surface area contributed by atoms with E-state index < -0.39 is 11.9 Å². The lowest BCUT2D eigenvalue weighted by Gasteiger charge is -2.27. The molecule has 2 heterocycles. The number of nitrogens with zero attached hydrogens (tertiary/aromatic N) is 1. The Morgan fingerprint density at radius 1 is 1.12 bits per heavy atom. The summed E-state index contributed by atoms with van der Waals surface area (Å²) in [5.41, 5.74) is 7.00. The highest BCUT2D eigenvalue weighted by Gasteiger charge is 2.27. The van der Waals surface area contributed by atoms with Gasteiger partial charge >= 0.3 is 5.97 Å². The number of aliphatic carboxylic acids is 1. The molecule has 0 radical (unpaired) electrons. The molecule has 1 N–H and O–H groups in total. The molecule has 1 fully saturated rings. The van der Waals surface area contributed by atoms with Gasteiger partial charge in [-0.05, 0) is 68.0 Å². The summed E-state index contributed by atoms with van der Waals surface area (Å²) in [5, 5.41) is 9.44. The first-order chi connectivity index (χ1) is 12.5. The molecule has 0 bridgehead atoms. The molecule has 4 heteroatoms. The van der Waals surface area contributed by atoms with Gasteiger partial charge in [0.05, 0.1) is 5.92 Å². The summed E-state index contributed by atoms with van der Waals surface area (Å²) < 4.78 is 0. The summed E-state index contributed by atoms with van der Waals surface area (Å²) in [6, 6.07) is 10.9. The van der Waals surface area contributed by atoms with Gasteiger partial charge in [0.15, 0.2) is 0 Å². The third-order valence-electron chi connectivity index (χ3n) is 5.75. The van der Waals surface area contributed by atoms with Crippen molar-refractivity contribution in [2.24, 2.45) is 0 Å². The van der Waals surface area contributed by atoms with Crippen LogP contribution in [-0.2, 0) is 17.6 Å². The van der Waals surface area contributed by atoms with Crippen LogP contribution < -0.4 is 0 Å². The summed E-state index contributed by atoms with van der Waals surface area (Å²) in [4.78, 5) is 16.2. The molecule has 26 heavy (non-hydrogen) atoms. The molecule has 3 nitrogen and oxygen atoms in total. The molecular weight excluding hydrogens is 342 g/mol. The first-order valence-electron chi connectivity index (χ1n) is 9.39. The van der Waals surface area contributed by atoms with E-state index in [1.54, 1.807) is 18.3 Å². The molecule has 0 amide bonds. The van der Waals surface area contributed by atoms with Gasteiger partial charge in [-0.3, -0.25) is 4.79 Å². The van der Waals surface area contributed by atoms with Crippen LogP contribution in [0.4, 0.5) is 0 Å². The summed E-state index contributed by atoms with van der Waals surface area (Å²) in [6.45, 7) is 3.99. The number of rotatable bonds is 2. The van der Waals surface area contributed by atoms with Crippen molar-refractivity contribution >= 4 is 22.9 Å². The van der Waals surface area contributed by atoms with E-state index in [4.69, 9.17) is 0 Å². The fourth-order valence-electron chi connectivity index (χ4n) is 4.08. The van der Waals surface area contributed by atoms with Crippen molar-refractivity contribution in [3.05, 3.63) is 62.3 Å². The first-order valence-corrected chi connectivity index (χ1v) is 10.2. The van der Waals surface area contributed by atoms with Crippen molar-refractivity contribution in [2.75, 3.05) is 20.1 Å². The van der Waals surface area contributed by atoms with Crippen molar-refractivity contribution in [1.29, 1.82) is 0 Å². The molecule has 1 aliphatic carbocycles. The number of thiophene rings is 1. The Labute approximate surface area is 159 Å². The molecule has 1 unspecified atom stereocenters. The van der Waals surface area contributed by atoms with E-state index in [0.29, 0.717) is 0 Å². The molecule has 136 valence electrons. The van der Waals surface area contributed by atoms with E-state index in [-0.39, 0.29) is 0 Å². The second kappa shape index (κ2) is 7.01. The predicted molar refractivity (Wildman–Crippen MR) is 107 cm³/mol. The Morgan fingerprint density at radius 3 is 2.58 bits per heavy atom. The summed E-state index contributed by atoms with van der Waals surface area (Å²) in [6.07, 6.45) is 4.22. The Bertz CT molecular complexity index is 870. The third-order valence-corrected chi connectivity index (χ3v) is 7.12. The maximum absolute atomic E-state index is 11.5. The number of carboxylic acids is 1. The minimum absolute atomic E-state index is 0.439. The van der Waals surface area contributed by atoms with E-state index in [1.165, 1.54) is 32.7 Å². The lowest BCUT2D eigenvalue weighted by molar-refractivity contribution is -0.138. The molecule has 1 saturated heterocycles. The molecule has 0 saturated carbocycles. The number of carboxylic acid groups (broad SMARTS) is 1. The number of aryl methyl sites for hydroxylation is 2. The highest BCUT2D eigenvalue weighted by molar-refractivity contribution is 7.12. The molecule has 2 aromatic rings. The maximum Gasteiger partial charge on any atom is 0.311 e. The standard InChI is InChI=1S/C22H25NO2S/c1-14(22(24)25)20-13-18-19(26-20)8-7-15-5-3-4-6-17(15)21(18)16-9-11-23(2)12-10-16/h3-6,13-14H,7-12H2,1-2H3,(H,24,25). The van der Waals surface area contributed by atoms with Gasteiger partial charge in [-0.1, -0.05) is 29.8 Å². The number of hydrogen-bond acceptors (Lipinski definition) is 3. The van der Waals surface area contributed by atoms with E-state index in [0.717, 1.165) is 43.6 Å². The smallest absolute Gasteiger partial charge is 0.311 e. The monoisotopic (exact) mass is 367 g/mol. The van der Waals surface area contributed by atoms with Crippen LogP contribution in [0.15, 0.2) is 35.9 Å². The van der Waals surface area contributed by atoms with Crippen LogP contribution in [0.5, 0.6) is 0 Å². The Morgan fingerprint density at radius 2 is 1.85 bits per heavy atom. The van der Waals surface area contributed by atoms with E-state index in [1.807, 2.05) is 0 Å². The average molecular weight is 368 g/mol. The lowest BCUT2D eigenvalue weighted by atomic mass is 9.87. The second-order valence-electron chi connectivity index (χ2n) is 7.48. The quantitative estimate of drug-likeness (QED) is 0.846. The molecule has 1 atom stereocenters. The number of piperidine rings is 1.